The van der Waals surface area contributed by atoms with Crippen molar-refractivity contribution < 1.29 is 17.7 Å². The molecule has 0 spiro atoms. The lowest BCUT2D eigenvalue weighted by atomic mass is 9.78. The minimum absolute atomic E-state index is 0.239. The summed E-state index contributed by atoms with van der Waals surface area (Å²) in [6, 6.07) is 10.6. The van der Waals surface area contributed by atoms with Crippen LogP contribution in [-0.4, -0.2) is 35.7 Å². The molecule has 3 heterocycles. The van der Waals surface area contributed by atoms with Gasteiger partial charge >= 0.3 is 7.12 Å². The molecule has 0 N–H and O–H groups in total. The summed E-state index contributed by atoms with van der Waals surface area (Å²) in [5.74, 6) is 0. The quantitative estimate of drug-likeness (QED) is 0.598. The molecule has 2 aromatic heterocycles. The van der Waals surface area contributed by atoms with E-state index in [2.05, 4.69) is 4.98 Å². The van der Waals surface area contributed by atoms with E-state index in [1.807, 2.05) is 53.7 Å². The van der Waals surface area contributed by atoms with Gasteiger partial charge in [0.15, 0.2) is 5.65 Å². The van der Waals surface area contributed by atoms with Crippen molar-refractivity contribution in [1.82, 2.24) is 8.96 Å². The van der Waals surface area contributed by atoms with Crippen molar-refractivity contribution in [3.63, 3.8) is 0 Å². The van der Waals surface area contributed by atoms with Crippen molar-refractivity contribution in [2.24, 2.45) is 0 Å². The first-order valence-electron chi connectivity index (χ1n) is 10.1. The summed E-state index contributed by atoms with van der Waals surface area (Å²) < 4.78 is 40.8. The van der Waals surface area contributed by atoms with Crippen molar-refractivity contribution >= 4 is 33.6 Å². The molecule has 0 radical (unpaired) electrons. The largest absolute Gasteiger partial charge is 0.495 e. The molecule has 0 unspecified atom stereocenters. The van der Waals surface area contributed by atoms with Gasteiger partial charge in [0.1, 0.15) is 0 Å². The zero-order chi connectivity index (χ0) is 21.9. The van der Waals surface area contributed by atoms with E-state index in [1.165, 1.54) is 3.97 Å². The van der Waals surface area contributed by atoms with Gasteiger partial charge in [-0.05, 0) is 70.8 Å². The zero-order valence-corrected chi connectivity index (χ0v) is 19.1. The summed E-state index contributed by atoms with van der Waals surface area (Å²) in [4.78, 5) is 4.68. The molecule has 3 aromatic rings. The van der Waals surface area contributed by atoms with Gasteiger partial charge in [-0.2, -0.15) is 0 Å². The number of aryl methyl sites for hydroxylation is 2. The number of rotatable bonds is 4. The van der Waals surface area contributed by atoms with E-state index in [0.717, 1.165) is 16.4 Å². The minimum atomic E-state index is -3.80. The van der Waals surface area contributed by atoms with Crippen LogP contribution in [0.3, 0.4) is 0 Å². The summed E-state index contributed by atoms with van der Waals surface area (Å²) in [6.45, 7) is 11.8. The Hall–Kier alpha value is -2.16. The van der Waals surface area contributed by atoms with Gasteiger partial charge in [-0.25, -0.2) is 17.4 Å². The van der Waals surface area contributed by atoms with Crippen LogP contribution in [0.15, 0.2) is 47.5 Å². The molecule has 6 nitrogen and oxygen atoms in total. The number of hydrogen-bond donors (Lipinski definition) is 0. The molecule has 1 fully saturated rings. The highest BCUT2D eigenvalue weighted by molar-refractivity contribution is 7.90. The second-order valence-electron chi connectivity index (χ2n) is 8.80. The Labute approximate surface area is 178 Å². The van der Waals surface area contributed by atoms with E-state index in [4.69, 9.17) is 9.31 Å². The Morgan fingerprint density at radius 2 is 1.63 bits per heavy atom. The van der Waals surface area contributed by atoms with Gasteiger partial charge in [0.25, 0.3) is 10.0 Å². The third kappa shape index (κ3) is 3.18. The smallest absolute Gasteiger partial charge is 0.399 e. The van der Waals surface area contributed by atoms with Crippen molar-refractivity contribution in [3.8, 4) is 0 Å². The fourth-order valence-electron chi connectivity index (χ4n) is 3.65. The lowest BCUT2D eigenvalue weighted by molar-refractivity contribution is 0.00578. The number of hydrogen-bond acceptors (Lipinski definition) is 5. The first kappa shape index (κ1) is 21.1. The predicted molar refractivity (Wildman–Crippen MR) is 119 cm³/mol. The Balaban J connectivity index is 1.90. The standard InChI is InChI=1S/C22H27BN2O4S/c1-7-16-14-18-19(23-28-21(3,4)22(5,6)29-23)12-13-24-20(18)25(16)30(26,27)17-10-8-15(2)9-11-17/h8-14H,7H2,1-6H3. The van der Waals surface area contributed by atoms with Gasteiger partial charge in [-0.3, -0.25) is 0 Å². The first-order chi connectivity index (χ1) is 14.0. The summed E-state index contributed by atoms with van der Waals surface area (Å²) >= 11 is 0. The highest BCUT2D eigenvalue weighted by Gasteiger charge is 2.52. The molecule has 0 bridgehead atoms. The van der Waals surface area contributed by atoms with Crippen molar-refractivity contribution in [2.75, 3.05) is 0 Å². The van der Waals surface area contributed by atoms with Gasteiger partial charge in [-0.1, -0.05) is 24.6 Å². The van der Waals surface area contributed by atoms with Crippen LogP contribution in [0.5, 0.6) is 0 Å². The van der Waals surface area contributed by atoms with E-state index in [-0.39, 0.29) is 4.90 Å². The van der Waals surface area contributed by atoms with E-state index in [1.54, 1.807) is 30.5 Å². The summed E-state index contributed by atoms with van der Waals surface area (Å²) in [5.41, 5.74) is 1.87. The molecule has 0 aliphatic carbocycles. The minimum Gasteiger partial charge on any atom is -0.399 e. The molecule has 30 heavy (non-hydrogen) atoms. The topological polar surface area (TPSA) is 70.4 Å². The maximum atomic E-state index is 13.5. The number of aromatic nitrogens is 2. The second-order valence-corrected chi connectivity index (χ2v) is 10.6. The average molecular weight is 426 g/mol. The number of pyridine rings is 1. The average Bonchev–Trinajstić information content (AvgIpc) is 3.16. The van der Waals surface area contributed by atoms with Gasteiger partial charge in [0.2, 0.25) is 0 Å². The number of nitrogens with zero attached hydrogens (tertiary/aromatic N) is 2. The van der Waals surface area contributed by atoms with Gasteiger partial charge in [0, 0.05) is 17.3 Å². The van der Waals surface area contributed by atoms with Crippen LogP contribution in [0, 0.1) is 6.92 Å². The normalized spacial score (nSPS) is 18.3. The third-order valence-corrected chi connectivity index (χ3v) is 7.95. The van der Waals surface area contributed by atoms with Crippen molar-refractivity contribution in [2.45, 2.75) is 64.1 Å². The van der Waals surface area contributed by atoms with Crippen LogP contribution in [0.4, 0.5) is 0 Å². The molecule has 1 saturated heterocycles. The van der Waals surface area contributed by atoms with Crippen LogP contribution in [0.25, 0.3) is 11.0 Å². The van der Waals surface area contributed by atoms with Crippen LogP contribution in [0.1, 0.15) is 45.9 Å². The molecular formula is C22H27BN2O4S. The fraction of sp³-hybridized carbons (Fsp3) is 0.409. The highest BCUT2D eigenvalue weighted by atomic mass is 32.2. The van der Waals surface area contributed by atoms with Crippen LogP contribution < -0.4 is 5.46 Å². The molecular weight excluding hydrogens is 399 g/mol. The SMILES string of the molecule is CCc1cc2c(B3OC(C)(C)C(C)(C)O3)ccnc2n1S(=O)(=O)c1ccc(C)cc1. The zero-order valence-electron chi connectivity index (χ0n) is 18.3. The molecule has 158 valence electrons. The highest BCUT2D eigenvalue weighted by Crippen LogP contribution is 2.37. The van der Waals surface area contributed by atoms with Crippen molar-refractivity contribution in [1.29, 1.82) is 0 Å². The third-order valence-electron chi connectivity index (χ3n) is 6.20. The molecule has 0 atom stereocenters. The van der Waals surface area contributed by atoms with Crippen LogP contribution >= 0.6 is 0 Å². The molecule has 0 saturated carbocycles. The maximum Gasteiger partial charge on any atom is 0.495 e. The maximum absolute atomic E-state index is 13.5. The van der Waals surface area contributed by atoms with Crippen LogP contribution in [0.2, 0.25) is 0 Å². The first-order valence-corrected chi connectivity index (χ1v) is 11.6. The van der Waals surface area contributed by atoms with Gasteiger partial charge in [0.05, 0.1) is 16.1 Å². The Bertz CT molecular complexity index is 1200. The molecule has 4 rings (SSSR count). The molecule has 1 aliphatic rings. The predicted octanol–water partition coefficient (Wildman–Crippen LogP) is 3.44. The van der Waals surface area contributed by atoms with E-state index < -0.39 is 28.3 Å². The summed E-state index contributed by atoms with van der Waals surface area (Å²) in [5, 5.41) is 0.725. The lowest BCUT2D eigenvalue weighted by Crippen LogP contribution is -2.41. The Kier molecular flexibility index (Phi) is 4.88. The number of fused-ring (bicyclic) bond motifs is 1. The van der Waals surface area contributed by atoms with Gasteiger partial charge < -0.3 is 9.31 Å². The monoisotopic (exact) mass is 426 g/mol. The lowest BCUT2D eigenvalue weighted by Gasteiger charge is -2.32. The fourth-order valence-corrected chi connectivity index (χ4v) is 5.21. The second kappa shape index (κ2) is 6.94. The van der Waals surface area contributed by atoms with E-state index >= 15 is 0 Å². The van der Waals surface area contributed by atoms with Crippen molar-refractivity contribution in [3.05, 3.63) is 53.9 Å². The Morgan fingerprint density at radius 3 is 2.20 bits per heavy atom. The summed E-state index contributed by atoms with van der Waals surface area (Å²) in [6.07, 6.45) is 2.16. The molecule has 8 heteroatoms. The summed E-state index contributed by atoms with van der Waals surface area (Å²) in [7, 11) is -4.39. The number of benzene rings is 1. The van der Waals surface area contributed by atoms with E-state index in [9.17, 15) is 8.42 Å². The van der Waals surface area contributed by atoms with Gasteiger partial charge in [-0.15, -0.1) is 0 Å². The van der Waals surface area contributed by atoms with E-state index in [0.29, 0.717) is 17.8 Å². The van der Waals surface area contributed by atoms with Crippen LogP contribution in [-0.2, 0) is 25.8 Å². The molecule has 0 amide bonds. The molecule has 1 aliphatic heterocycles. The molecule has 1 aromatic carbocycles. The Morgan fingerprint density at radius 1 is 1.03 bits per heavy atom.